The summed E-state index contributed by atoms with van der Waals surface area (Å²) in [5.74, 6) is -1.09. The molecular formula is C32H23N3O3. The minimum atomic E-state index is -1.01. The Hall–Kier alpha value is -4.76. The Balaban J connectivity index is 1.52. The van der Waals surface area contributed by atoms with E-state index in [0.29, 0.717) is 17.0 Å². The van der Waals surface area contributed by atoms with Gasteiger partial charge in [0.2, 0.25) is 17.7 Å². The molecule has 0 N–H and O–H groups in total. The average Bonchev–Trinajstić information content (AvgIpc) is 3.39. The first-order valence-electron chi connectivity index (χ1n) is 12.7. The number of anilines is 1. The number of aliphatic imine (C=N–C) groups is 1. The molecule has 1 fully saturated rings. The number of nitrogens with zero attached hydrogens (tertiary/aromatic N) is 3. The Morgan fingerprint density at radius 2 is 1.50 bits per heavy atom. The molecular weight excluding hydrogens is 474 g/mol. The average molecular weight is 498 g/mol. The number of amides is 2. The first-order chi connectivity index (χ1) is 18.5. The van der Waals surface area contributed by atoms with Crippen LogP contribution < -0.4 is 4.90 Å². The number of hydrogen-bond donors (Lipinski definition) is 0. The second-order valence-electron chi connectivity index (χ2n) is 10.2. The maximum Gasteiger partial charge on any atom is 0.239 e. The normalized spacial score (nSPS) is 24.9. The number of aryl methyl sites for hydroxylation is 1. The van der Waals surface area contributed by atoms with Gasteiger partial charge in [-0.3, -0.25) is 9.59 Å². The molecule has 1 aliphatic heterocycles. The van der Waals surface area contributed by atoms with Crippen LogP contribution in [0, 0.1) is 37.0 Å². The van der Waals surface area contributed by atoms with Crippen molar-refractivity contribution in [2.75, 3.05) is 4.90 Å². The quantitative estimate of drug-likeness (QED) is 0.268. The second kappa shape index (κ2) is 7.87. The smallest absolute Gasteiger partial charge is 0.239 e. The SMILES string of the molecule is Cc1oc(N=CC23c4ccccc4C(c4ccccc42)[C@H]2C(=O)N(c4ccccc4)C(=O)[C@@H]23)c(C#N)c1C. The summed E-state index contributed by atoms with van der Waals surface area (Å²) < 4.78 is 5.87. The first kappa shape index (κ1) is 22.4. The third kappa shape index (κ3) is 2.68. The van der Waals surface area contributed by atoms with Crippen LogP contribution in [0.3, 0.4) is 0 Å². The number of hydrogen-bond acceptors (Lipinski definition) is 5. The van der Waals surface area contributed by atoms with Crippen molar-refractivity contribution in [3.63, 3.8) is 0 Å². The zero-order valence-electron chi connectivity index (χ0n) is 20.9. The van der Waals surface area contributed by atoms with E-state index in [4.69, 9.17) is 9.41 Å². The van der Waals surface area contributed by atoms with Crippen LogP contribution >= 0.6 is 0 Å². The van der Waals surface area contributed by atoms with Gasteiger partial charge in [0.15, 0.2) is 0 Å². The zero-order chi connectivity index (χ0) is 26.2. The summed E-state index contributed by atoms with van der Waals surface area (Å²) >= 11 is 0. The van der Waals surface area contributed by atoms with Crippen LogP contribution in [-0.2, 0) is 15.0 Å². The van der Waals surface area contributed by atoms with Crippen molar-refractivity contribution in [3.05, 3.63) is 118 Å². The molecule has 184 valence electrons. The van der Waals surface area contributed by atoms with E-state index >= 15 is 0 Å². The van der Waals surface area contributed by atoms with E-state index < -0.39 is 17.3 Å². The van der Waals surface area contributed by atoms with Crippen LogP contribution in [0.4, 0.5) is 11.6 Å². The fraction of sp³-hybridized carbons (Fsp3) is 0.188. The Morgan fingerprint density at radius 1 is 0.895 bits per heavy atom. The van der Waals surface area contributed by atoms with Crippen LogP contribution in [0.5, 0.6) is 0 Å². The largest absolute Gasteiger partial charge is 0.442 e. The minimum absolute atomic E-state index is 0.194. The second-order valence-corrected chi connectivity index (χ2v) is 10.2. The van der Waals surface area contributed by atoms with Crippen molar-refractivity contribution in [1.29, 1.82) is 5.26 Å². The molecule has 2 atom stereocenters. The number of furan rings is 1. The minimum Gasteiger partial charge on any atom is -0.442 e. The summed E-state index contributed by atoms with van der Waals surface area (Å²) in [6.07, 6.45) is 1.76. The highest BCUT2D eigenvalue weighted by Crippen LogP contribution is 2.63. The lowest BCUT2D eigenvalue weighted by molar-refractivity contribution is -0.122. The van der Waals surface area contributed by atoms with E-state index in [-0.39, 0.29) is 23.6 Å². The van der Waals surface area contributed by atoms with Gasteiger partial charge in [-0.15, -0.1) is 0 Å². The maximum absolute atomic E-state index is 14.3. The molecule has 0 radical (unpaired) electrons. The van der Waals surface area contributed by atoms with Gasteiger partial charge in [0.05, 0.1) is 22.9 Å². The Morgan fingerprint density at radius 3 is 2.13 bits per heavy atom. The topological polar surface area (TPSA) is 86.7 Å². The molecule has 2 amide bonds. The van der Waals surface area contributed by atoms with Gasteiger partial charge in [-0.25, -0.2) is 9.89 Å². The molecule has 3 aliphatic carbocycles. The Bertz CT molecular complexity index is 1680. The van der Waals surface area contributed by atoms with Crippen LogP contribution in [0.25, 0.3) is 0 Å². The molecule has 1 saturated heterocycles. The monoisotopic (exact) mass is 497 g/mol. The summed E-state index contributed by atoms with van der Waals surface area (Å²) in [5.41, 5.74) is 4.66. The van der Waals surface area contributed by atoms with E-state index in [1.807, 2.05) is 61.5 Å². The van der Waals surface area contributed by atoms with Crippen molar-refractivity contribution in [2.24, 2.45) is 16.8 Å². The fourth-order valence-corrected chi connectivity index (χ4v) is 6.87. The van der Waals surface area contributed by atoms with Gasteiger partial charge in [0.25, 0.3) is 0 Å². The Labute approximate surface area is 219 Å². The molecule has 4 aliphatic rings. The molecule has 0 unspecified atom stereocenters. The lowest BCUT2D eigenvalue weighted by Crippen LogP contribution is -2.54. The summed E-state index contributed by atoms with van der Waals surface area (Å²) in [6.45, 7) is 3.63. The molecule has 6 heteroatoms. The molecule has 1 aromatic heterocycles. The van der Waals surface area contributed by atoms with Gasteiger partial charge >= 0.3 is 0 Å². The van der Waals surface area contributed by atoms with Crippen LogP contribution in [0.2, 0.25) is 0 Å². The lowest BCUT2D eigenvalue weighted by atomic mass is 9.47. The predicted octanol–water partition coefficient (Wildman–Crippen LogP) is 5.72. The number of rotatable bonds is 3. The molecule has 8 rings (SSSR count). The molecule has 2 bridgehead atoms. The first-order valence-corrected chi connectivity index (χ1v) is 12.7. The molecule has 0 saturated carbocycles. The van der Waals surface area contributed by atoms with Gasteiger partial charge in [-0.1, -0.05) is 66.7 Å². The maximum atomic E-state index is 14.3. The number of benzene rings is 3. The number of para-hydroxylation sites is 1. The predicted molar refractivity (Wildman–Crippen MR) is 142 cm³/mol. The van der Waals surface area contributed by atoms with Crippen molar-refractivity contribution in [2.45, 2.75) is 25.2 Å². The van der Waals surface area contributed by atoms with Crippen LogP contribution in [0.15, 0.2) is 88.3 Å². The molecule has 4 aromatic rings. The molecule has 3 aromatic carbocycles. The van der Waals surface area contributed by atoms with E-state index in [0.717, 1.165) is 27.8 Å². The molecule has 6 nitrogen and oxygen atoms in total. The van der Waals surface area contributed by atoms with Gasteiger partial charge in [-0.2, -0.15) is 5.26 Å². The molecule has 38 heavy (non-hydrogen) atoms. The number of imide groups is 1. The lowest BCUT2D eigenvalue weighted by Gasteiger charge is -2.52. The van der Waals surface area contributed by atoms with Crippen molar-refractivity contribution >= 4 is 29.6 Å². The summed E-state index contributed by atoms with van der Waals surface area (Å²) in [6, 6.07) is 27.4. The number of nitriles is 1. The zero-order valence-corrected chi connectivity index (χ0v) is 20.9. The third-order valence-electron chi connectivity index (χ3n) is 8.56. The molecule has 0 spiro atoms. The number of carbonyl (C=O) groups excluding carboxylic acids is 2. The highest BCUT2D eigenvalue weighted by Gasteiger charge is 2.68. The van der Waals surface area contributed by atoms with E-state index in [1.165, 1.54) is 4.90 Å². The van der Waals surface area contributed by atoms with E-state index in [2.05, 4.69) is 18.2 Å². The van der Waals surface area contributed by atoms with Gasteiger partial charge < -0.3 is 4.42 Å². The standard InChI is InChI=1S/C32H23N3O3/c1-18-19(2)38-29(23(18)16-33)34-17-32-24-14-8-6-12-21(24)26(22-13-7-9-15-25(22)32)27-28(32)31(37)35(30(27)36)20-10-4-3-5-11-20/h3-15,17,26-28H,1-2H3/t26?,27-,28-,32?/m1/s1. The van der Waals surface area contributed by atoms with Crippen molar-refractivity contribution < 1.29 is 14.0 Å². The summed E-state index contributed by atoms with van der Waals surface area (Å²) in [5, 5.41) is 9.79. The summed E-state index contributed by atoms with van der Waals surface area (Å²) in [7, 11) is 0. The fourth-order valence-electron chi connectivity index (χ4n) is 6.87. The van der Waals surface area contributed by atoms with Gasteiger partial charge in [0.1, 0.15) is 17.4 Å². The number of carbonyl (C=O) groups is 2. The summed E-state index contributed by atoms with van der Waals surface area (Å²) in [4.78, 5) is 34.6. The van der Waals surface area contributed by atoms with Crippen LogP contribution in [0.1, 0.15) is 45.1 Å². The van der Waals surface area contributed by atoms with E-state index in [9.17, 15) is 14.9 Å². The Kier molecular flexibility index (Phi) is 4.65. The van der Waals surface area contributed by atoms with Crippen molar-refractivity contribution in [3.8, 4) is 6.07 Å². The van der Waals surface area contributed by atoms with Gasteiger partial charge in [-0.05, 0) is 48.2 Å². The highest BCUT2D eigenvalue weighted by atomic mass is 16.4. The van der Waals surface area contributed by atoms with Crippen LogP contribution in [-0.4, -0.2) is 18.0 Å². The highest BCUT2D eigenvalue weighted by molar-refractivity contribution is 6.25. The van der Waals surface area contributed by atoms with E-state index in [1.54, 1.807) is 25.3 Å². The molecule has 2 heterocycles. The van der Waals surface area contributed by atoms with Gasteiger partial charge in [0, 0.05) is 17.7 Å². The third-order valence-corrected chi connectivity index (χ3v) is 8.56. The van der Waals surface area contributed by atoms with Crippen molar-refractivity contribution in [1.82, 2.24) is 0 Å².